The number of carbonyl (C=O) groups excluding carboxylic acids is 1. The maximum absolute atomic E-state index is 12.6. The first kappa shape index (κ1) is 15.0. The average molecular weight is 312 g/mol. The number of Topliss-reactive ketones (excluding diaryl/α,β-unsaturated/α-hetero) is 1. The van der Waals surface area contributed by atoms with E-state index in [0.29, 0.717) is 11.1 Å². The van der Waals surface area contributed by atoms with Crippen molar-refractivity contribution < 1.29 is 24.1 Å². The van der Waals surface area contributed by atoms with Gasteiger partial charge in [0.1, 0.15) is 12.4 Å². The molecule has 3 rings (SSSR count). The first-order chi connectivity index (χ1) is 11.1. The number of methoxy groups -OCH3 is 2. The number of hydrogen-bond acceptors (Lipinski definition) is 5. The second kappa shape index (κ2) is 6.04. The van der Waals surface area contributed by atoms with Gasteiger partial charge in [0.2, 0.25) is 5.75 Å². The Hall–Kier alpha value is -2.95. The molecule has 2 aromatic rings. The van der Waals surface area contributed by atoms with Crippen LogP contribution >= 0.6 is 0 Å². The lowest BCUT2D eigenvalue weighted by atomic mass is 9.97. The highest BCUT2D eigenvalue weighted by Gasteiger charge is 2.27. The van der Waals surface area contributed by atoms with E-state index in [0.717, 1.165) is 11.3 Å². The number of hydrogen-bond donors (Lipinski definition) is 1. The Bertz CT molecular complexity index is 775. The number of phenols is 1. The first-order valence-corrected chi connectivity index (χ1v) is 7.06. The molecule has 2 aromatic carbocycles. The highest BCUT2D eigenvalue weighted by Crippen LogP contribution is 2.42. The fourth-order valence-corrected chi connectivity index (χ4v) is 2.47. The van der Waals surface area contributed by atoms with E-state index in [1.807, 2.05) is 24.3 Å². The minimum atomic E-state index is -0.139. The third-order valence-corrected chi connectivity index (χ3v) is 3.66. The molecule has 5 nitrogen and oxygen atoms in total. The van der Waals surface area contributed by atoms with E-state index in [2.05, 4.69) is 0 Å². The van der Waals surface area contributed by atoms with Crippen molar-refractivity contribution in [2.24, 2.45) is 0 Å². The standard InChI is InChI=1S/C18H16O5/c1-21-13-5-3-11(4-6-13)9-12-10-23-17-14(16(12)20)7-8-15(19)18(17)22-2/h3-9,19H,10H2,1-2H3/b12-9+. The summed E-state index contributed by atoms with van der Waals surface area (Å²) >= 11 is 0. The molecule has 0 saturated heterocycles. The highest BCUT2D eigenvalue weighted by atomic mass is 16.5. The molecule has 0 saturated carbocycles. The molecular weight excluding hydrogens is 296 g/mol. The SMILES string of the molecule is COc1ccc(/C=C2\COc3c(ccc(O)c3OC)C2=O)cc1. The van der Waals surface area contributed by atoms with Crippen molar-refractivity contribution in [2.75, 3.05) is 20.8 Å². The van der Waals surface area contributed by atoms with Gasteiger partial charge < -0.3 is 19.3 Å². The minimum absolute atomic E-state index is 0.0540. The van der Waals surface area contributed by atoms with Crippen molar-refractivity contribution in [1.82, 2.24) is 0 Å². The zero-order chi connectivity index (χ0) is 16.4. The summed E-state index contributed by atoms with van der Waals surface area (Å²) in [6.45, 7) is 0.123. The summed E-state index contributed by atoms with van der Waals surface area (Å²) in [6.07, 6.45) is 1.78. The molecule has 0 amide bonds. The largest absolute Gasteiger partial charge is 0.504 e. The Morgan fingerprint density at radius 1 is 1.09 bits per heavy atom. The van der Waals surface area contributed by atoms with Gasteiger partial charge in [-0.25, -0.2) is 0 Å². The Labute approximate surface area is 133 Å². The summed E-state index contributed by atoms with van der Waals surface area (Å²) in [5.74, 6) is 1.02. The molecule has 0 unspecified atom stereocenters. The number of phenolic OH excluding ortho intramolecular Hbond substituents is 1. The lowest BCUT2D eigenvalue weighted by molar-refractivity contribution is 0.0998. The Morgan fingerprint density at radius 3 is 2.48 bits per heavy atom. The third-order valence-electron chi connectivity index (χ3n) is 3.66. The second-order valence-corrected chi connectivity index (χ2v) is 5.06. The first-order valence-electron chi connectivity index (χ1n) is 7.06. The fraction of sp³-hybridized carbons (Fsp3) is 0.167. The minimum Gasteiger partial charge on any atom is -0.504 e. The molecule has 1 aliphatic rings. The number of ketones is 1. The zero-order valence-electron chi connectivity index (χ0n) is 12.8. The number of carbonyl (C=O) groups is 1. The van der Waals surface area contributed by atoms with Crippen LogP contribution in [-0.2, 0) is 0 Å². The molecule has 1 aliphatic heterocycles. The van der Waals surface area contributed by atoms with Crippen LogP contribution in [0.2, 0.25) is 0 Å². The predicted molar refractivity (Wildman–Crippen MR) is 85.5 cm³/mol. The molecule has 0 aromatic heterocycles. The average Bonchev–Trinajstić information content (AvgIpc) is 2.58. The summed E-state index contributed by atoms with van der Waals surface area (Å²) in [5, 5.41) is 9.76. The van der Waals surface area contributed by atoms with Crippen LogP contribution in [0, 0.1) is 0 Å². The second-order valence-electron chi connectivity index (χ2n) is 5.06. The van der Waals surface area contributed by atoms with Crippen LogP contribution < -0.4 is 14.2 Å². The lowest BCUT2D eigenvalue weighted by Crippen LogP contribution is -2.19. The van der Waals surface area contributed by atoms with Crippen LogP contribution in [0.15, 0.2) is 42.0 Å². The maximum atomic E-state index is 12.6. The van der Waals surface area contributed by atoms with Gasteiger partial charge in [0.15, 0.2) is 17.3 Å². The molecule has 0 aliphatic carbocycles. The zero-order valence-corrected chi connectivity index (χ0v) is 12.8. The van der Waals surface area contributed by atoms with Crippen molar-refractivity contribution in [1.29, 1.82) is 0 Å². The van der Waals surface area contributed by atoms with Gasteiger partial charge in [-0.2, -0.15) is 0 Å². The van der Waals surface area contributed by atoms with Crippen molar-refractivity contribution in [3.8, 4) is 23.0 Å². The van der Waals surface area contributed by atoms with E-state index < -0.39 is 0 Å². The molecule has 1 N–H and O–H groups in total. The van der Waals surface area contributed by atoms with Crippen LogP contribution in [0.5, 0.6) is 23.0 Å². The van der Waals surface area contributed by atoms with E-state index in [1.165, 1.54) is 19.2 Å². The molecule has 1 heterocycles. The Balaban J connectivity index is 1.96. The predicted octanol–water partition coefficient (Wildman–Crippen LogP) is 3.07. The lowest BCUT2D eigenvalue weighted by Gasteiger charge is -2.21. The van der Waals surface area contributed by atoms with E-state index in [1.54, 1.807) is 13.2 Å². The Kier molecular flexibility index (Phi) is 3.93. The summed E-state index contributed by atoms with van der Waals surface area (Å²) in [4.78, 5) is 12.6. The number of aromatic hydroxyl groups is 1. The van der Waals surface area contributed by atoms with Gasteiger partial charge in [-0.15, -0.1) is 0 Å². The molecule has 0 atom stereocenters. The van der Waals surface area contributed by atoms with Gasteiger partial charge >= 0.3 is 0 Å². The highest BCUT2D eigenvalue weighted by molar-refractivity contribution is 6.14. The van der Waals surface area contributed by atoms with Crippen LogP contribution in [-0.4, -0.2) is 31.7 Å². The van der Waals surface area contributed by atoms with Crippen LogP contribution in [0.25, 0.3) is 6.08 Å². The molecule has 0 fully saturated rings. The monoisotopic (exact) mass is 312 g/mol. The normalized spacial score (nSPS) is 15.0. The molecular formula is C18H16O5. The van der Waals surface area contributed by atoms with Crippen LogP contribution in [0.4, 0.5) is 0 Å². The summed E-state index contributed by atoms with van der Waals surface area (Å²) in [5.41, 5.74) is 1.80. The molecule has 5 heteroatoms. The van der Waals surface area contributed by atoms with Crippen molar-refractivity contribution >= 4 is 11.9 Å². The molecule has 0 bridgehead atoms. The van der Waals surface area contributed by atoms with Crippen molar-refractivity contribution in [3.05, 3.63) is 53.1 Å². The van der Waals surface area contributed by atoms with Gasteiger partial charge in [0, 0.05) is 5.57 Å². The van der Waals surface area contributed by atoms with Gasteiger partial charge in [-0.05, 0) is 35.9 Å². The number of benzene rings is 2. The van der Waals surface area contributed by atoms with E-state index in [4.69, 9.17) is 14.2 Å². The number of fused-ring (bicyclic) bond motifs is 1. The molecule has 0 spiro atoms. The molecule has 0 radical (unpaired) electrons. The van der Waals surface area contributed by atoms with E-state index >= 15 is 0 Å². The van der Waals surface area contributed by atoms with E-state index in [-0.39, 0.29) is 29.6 Å². The smallest absolute Gasteiger partial charge is 0.203 e. The quantitative estimate of drug-likeness (QED) is 0.882. The fourth-order valence-electron chi connectivity index (χ4n) is 2.47. The number of ether oxygens (including phenoxy) is 3. The Morgan fingerprint density at radius 2 is 1.83 bits per heavy atom. The van der Waals surface area contributed by atoms with Crippen molar-refractivity contribution in [3.63, 3.8) is 0 Å². The van der Waals surface area contributed by atoms with E-state index in [9.17, 15) is 9.90 Å². The maximum Gasteiger partial charge on any atom is 0.203 e. The van der Waals surface area contributed by atoms with Gasteiger partial charge in [-0.3, -0.25) is 4.79 Å². The summed E-state index contributed by atoms with van der Waals surface area (Å²) in [6, 6.07) is 10.4. The van der Waals surface area contributed by atoms with Gasteiger partial charge in [0.05, 0.1) is 19.8 Å². The van der Waals surface area contributed by atoms with Crippen molar-refractivity contribution in [2.45, 2.75) is 0 Å². The molecule has 23 heavy (non-hydrogen) atoms. The summed E-state index contributed by atoms with van der Waals surface area (Å²) < 4.78 is 15.9. The molecule has 118 valence electrons. The van der Waals surface area contributed by atoms with Gasteiger partial charge in [0.25, 0.3) is 0 Å². The topological polar surface area (TPSA) is 65.0 Å². The summed E-state index contributed by atoms with van der Waals surface area (Å²) in [7, 11) is 3.03. The third kappa shape index (κ3) is 2.73. The van der Waals surface area contributed by atoms with Gasteiger partial charge in [-0.1, -0.05) is 12.1 Å². The van der Waals surface area contributed by atoms with Crippen LogP contribution in [0.1, 0.15) is 15.9 Å². The number of rotatable bonds is 3. The van der Waals surface area contributed by atoms with Crippen LogP contribution in [0.3, 0.4) is 0 Å².